The Morgan fingerprint density at radius 1 is 1.12 bits per heavy atom. The fourth-order valence-corrected chi connectivity index (χ4v) is 4.07. The lowest BCUT2D eigenvalue weighted by molar-refractivity contribution is -0.116. The van der Waals surface area contributed by atoms with Crippen molar-refractivity contribution in [2.24, 2.45) is 0 Å². The van der Waals surface area contributed by atoms with Crippen molar-refractivity contribution in [3.8, 4) is 17.0 Å². The summed E-state index contributed by atoms with van der Waals surface area (Å²) in [6.45, 7) is 1.93. The summed E-state index contributed by atoms with van der Waals surface area (Å²) < 4.78 is 14.0. The van der Waals surface area contributed by atoms with E-state index in [1.807, 2.05) is 48.5 Å². The lowest BCUT2D eigenvalue weighted by Gasteiger charge is -2.07. The fraction of sp³-hybridized carbons (Fsp3) is 0.217. The van der Waals surface area contributed by atoms with Crippen LogP contribution in [0.5, 0.6) is 5.75 Å². The molecule has 2 N–H and O–H groups in total. The Labute approximate surface area is 188 Å². The van der Waals surface area contributed by atoms with Gasteiger partial charge in [-0.2, -0.15) is 0 Å². The van der Waals surface area contributed by atoms with Crippen LogP contribution in [0.25, 0.3) is 22.2 Å². The second kappa shape index (κ2) is 9.61. The van der Waals surface area contributed by atoms with Crippen molar-refractivity contribution in [2.75, 3.05) is 19.0 Å². The maximum absolute atomic E-state index is 12.7. The number of aromatic amines is 1. The smallest absolute Gasteiger partial charge is 0.362 e. The van der Waals surface area contributed by atoms with Gasteiger partial charge >= 0.3 is 5.97 Å². The number of anilines is 1. The van der Waals surface area contributed by atoms with Gasteiger partial charge in [-0.15, -0.1) is 5.10 Å². The fourth-order valence-electron chi connectivity index (χ4n) is 3.50. The van der Waals surface area contributed by atoms with Gasteiger partial charge in [-0.05, 0) is 54.8 Å². The van der Waals surface area contributed by atoms with E-state index in [4.69, 9.17) is 9.47 Å². The van der Waals surface area contributed by atoms with Gasteiger partial charge in [-0.1, -0.05) is 22.7 Å². The number of hydrogen-bond donors (Lipinski definition) is 2. The molecule has 4 aromatic rings. The minimum atomic E-state index is -0.602. The summed E-state index contributed by atoms with van der Waals surface area (Å²) in [6.07, 6.45) is 0.739. The first-order valence-corrected chi connectivity index (χ1v) is 10.9. The molecule has 1 amide bonds. The molecule has 0 bridgehead atoms. The van der Waals surface area contributed by atoms with E-state index in [0.29, 0.717) is 11.4 Å². The van der Waals surface area contributed by atoms with Crippen molar-refractivity contribution >= 4 is 39.3 Å². The molecule has 0 saturated heterocycles. The van der Waals surface area contributed by atoms with Crippen LogP contribution >= 0.6 is 11.5 Å². The molecule has 0 aliphatic heterocycles. The van der Waals surface area contributed by atoms with Crippen molar-refractivity contribution in [1.29, 1.82) is 0 Å². The van der Waals surface area contributed by atoms with E-state index >= 15 is 0 Å². The first-order chi connectivity index (χ1) is 15.6. The zero-order valence-electron chi connectivity index (χ0n) is 17.7. The minimum Gasteiger partial charge on any atom is -0.497 e. The summed E-state index contributed by atoms with van der Waals surface area (Å²) in [6, 6.07) is 15.8. The summed E-state index contributed by atoms with van der Waals surface area (Å²) in [5, 5.41) is 7.87. The quantitative estimate of drug-likeness (QED) is 0.384. The number of carbonyl (C=O) groups excluding carboxylic acids is 2. The summed E-state index contributed by atoms with van der Waals surface area (Å²) in [7, 11) is 1.63. The van der Waals surface area contributed by atoms with Gasteiger partial charge in [0.2, 0.25) is 11.6 Å². The van der Waals surface area contributed by atoms with Crippen LogP contribution in [0.1, 0.15) is 29.4 Å². The number of fused-ring (bicyclic) bond motifs is 1. The molecule has 0 aliphatic carbocycles. The molecule has 2 aromatic carbocycles. The van der Waals surface area contributed by atoms with Gasteiger partial charge in [0.15, 0.2) is 5.00 Å². The average molecular weight is 451 g/mol. The monoisotopic (exact) mass is 450 g/mol. The SMILES string of the molecule is CCOC(=O)c1nnsc1NC(=O)CCc1c(-c2ccc(OC)cc2)[nH]c2ccccc12. The zero-order chi connectivity index (χ0) is 22.5. The van der Waals surface area contributed by atoms with Gasteiger partial charge in [-0.25, -0.2) is 4.79 Å². The number of aromatic nitrogens is 3. The third kappa shape index (κ3) is 4.47. The van der Waals surface area contributed by atoms with Gasteiger partial charge in [0, 0.05) is 34.6 Å². The summed E-state index contributed by atoms with van der Waals surface area (Å²) in [4.78, 5) is 28.1. The Morgan fingerprint density at radius 3 is 2.66 bits per heavy atom. The summed E-state index contributed by atoms with van der Waals surface area (Å²) >= 11 is 0.950. The summed E-state index contributed by atoms with van der Waals surface area (Å²) in [5.41, 5.74) is 4.05. The van der Waals surface area contributed by atoms with Gasteiger partial charge in [0.1, 0.15) is 5.75 Å². The number of H-pyrrole nitrogens is 1. The Morgan fingerprint density at radius 2 is 1.91 bits per heavy atom. The van der Waals surface area contributed by atoms with E-state index in [9.17, 15) is 9.59 Å². The van der Waals surface area contributed by atoms with Gasteiger partial charge in [-0.3, -0.25) is 4.79 Å². The summed E-state index contributed by atoms with van der Waals surface area (Å²) in [5.74, 6) is -0.0520. The number of amides is 1. The average Bonchev–Trinajstić information content (AvgIpc) is 3.42. The number of esters is 1. The number of rotatable bonds is 8. The van der Waals surface area contributed by atoms with Crippen LogP contribution in [0.2, 0.25) is 0 Å². The number of para-hydroxylation sites is 1. The Bertz CT molecular complexity index is 1250. The number of benzene rings is 2. The molecule has 0 unspecified atom stereocenters. The van der Waals surface area contributed by atoms with Gasteiger partial charge in [0.25, 0.3) is 0 Å². The van der Waals surface area contributed by atoms with Gasteiger partial charge < -0.3 is 19.8 Å². The number of nitrogens with one attached hydrogen (secondary N) is 2. The van der Waals surface area contributed by atoms with Crippen LogP contribution in [-0.4, -0.2) is 40.2 Å². The standard InChI is InChI=1S/C23H22N4O4S/c1-3-31-23(29)21-22(32-27-26-21)25-19(28)13-12-17-16-6-4-5-7-18(16)24-20(17)14-8-10-15(30-2)11-9-14/h4-11,24H,3,12-13H2,1-2H3,(H,25,28). The van der Waals surface area contributed by atoms with E-state index in [0.717, 1.165) is 45.0 Å². The molecule has 0 radical (unpaired) electrons. The molecule has 0 fully saturated rings. The maximum Gasteiger partial charge on any atom is 0.362 e. The minimum absolute atomic E-state index is 0.0243. The number of carbonyl (C=O) groups is 2. The Kier molecular flexibility index (Phi) is 6.46. The Balaban J connectivity index is 1.55. The van der Waals surface area contributed by atoms with Crippen LogP contribution < -0.4 is 10.1 Å². The van der Waals surface area contributed by atoms with Crippen LogP contribution in [0.4, 0.5) is 5.00 Å². The van der Waals surface area contributed by atoms with E-state index in [2.05, 4.69) is 19.9 Å². The molecule has 0 saturated carbocycles. The number of aryl methyl sites for hydroxylation is 1. The molecule has 0 atom stereocenters. The highest BCUT2D eigenvalue weighted by Gasteiger charge is 2.20. The number of nitrogens with zero attached hydrogens (tertiary/aromatic N) is 2. The molecule has 8 nitrogen and oxygen atoms in total. The second-order valence-corrected chi connectivity index (χ2v) is 7.73. The highest BCUT2D eigenvalue weighted by Crippen LogP contribution is 2.32. The van der Waals surface area contributed by atoms with E-state index in [-0.39, 0.29) is 24.6 Å². The molecule has 2 heterocycles. The predicted molar refractivity (Wildman–Crippen MR) is 123 cm³/mol. The van der Waals surface area contributed by atoms with Crippen LogP contribution in [0.3, 0.4) is 0 Å². The lowest BCUT2D eigenvalue weighted by Crippen LogP contribution is -2.15. The van der Waals surface area contributed by atoms with Crippen molar-refractivity contribution in [3.63, 3.8) is 0 Å². The van der Waals surface area contributed by atoms with Gasteiger partial charge in [0.05, 0.1) is 13.7 Å². The number of methoxy groups -OCH3 is 1. The molecule has 2 aromatic heterocycles. The first kappa shape index (κ1) is 21.5. The van der Waals surface area contributed by atoms with Crippen molar-refractivity contribution in [1.82, 2.24) is 14.6 Å². The third-order valence-electron chi connectivity index (χ3n) is 5.00. The molecule has 0 spiro atoms. The highest BCUT2D eigenvalue weighted by atomic mass is 32.1. The molecule has 9 heteroatoms. The third-order valence-corrected chi connectivity index (χ3v) is 5.65. The van der Waals surface area contributed by atoms with Crippen LogP contribution in [-0.2, 0) is 16.0 Å². The Hall–Kier alpha value is -3.72. The number of ether oxygens (including phenoxy) is 2. The molecular formula is C23H22N4O4S. The van der Waals surface area contributed by atoms with E-state index in [1.165, 1.54) is 0 Å². The number of hydrogen-bond acceptors (Lipinski definition) is 7. The predicted octanol–water partition coefficient (Wildman–Crippen LogP) is 4.44. The van der Waals surface area contributed by atoms with Crippen molar-refractivity contribution in [3.05, 3.63) is 59.8 Å². The van der Waals surface area contributed by atoms with E-state index in [1.54, 1.807) is 14.0 Å². The largest absolute Gasteiger partial charge is 0.497 e. The molecule has 164 valence electrons. The van der Waals surface area contributed by atoms with Crippen molar-refractivity contribution in [2.45, 2.75) is 19.8 Å². The zero-order valence-corrected chi connectivity index (χ0v) is 18.5. The molecule has 4 rings (SSSR count). The van der Waals surface area contributed by atoms with Crippen molar-refractivity contribution < 1.29 is 19.1 Å². The van der Waals surface area contributed by atoms with Crippen LogP contribution in [0.15, 0.2) is 48.5 Å². The highest BCUT2D eigenvalue weighted by molar-refractivity contribution is 7.10. The first-order valence-electron chi connectivity index (χ1n) is 10.1. The maximum atomic E-state index is 12.7. The molecular weight excluding hydrogens is 428 g/mol. The topological polar surface area (TPSA) is 106 Å². The van der Waals surface area contributed by atoms with E-state index < -0.39 is 5.97 Å². The molecule has 0 aliphatic rings. The molecule has 32 heavy (non-hydrogen) atoms. The normalized spacial score (nSPS) is 10.8. The lowest BCUT2D eigenvalue weighted by atomic mass is 10.0. The second-order valence-electron chi connectivity index (χ2n) is 6.97. The van der Waals surface area contributed by atoms with Crippen LogP contribution in [0, 0.1) is 0 Å².